The Labute approximate surface area is 99.3 Å². The van der Waals surface area contributed by atoms with Crippen LogP contribution in [0.25, 0.3) is 0 Å². The molecular weight excluding hydrogens is 232 g/mol. The Morgan fingerprint density at radius 1 is 1.47 bits per heavy atom. The minimum atomic E-state index is -2.49. The standard InChI is InChI=1S/C11H19F2NO3/c12-9(13)7-17-6-1-10(16)14-8-11(2-3-11)4-5-15/h9,15H,1-8H2,(H,14,16). The van der Waals surface area contributed by atoms with E-state index in [1.54, 1.807) is 0 Å². The number of hydrogen-bond donors (Lipinski definition) is 2. The van der Waals surface area contributed by atoms with Gasteiger partial charge in [0.25, 0.3) is 6.43 Å². The Morgan fingerprint density at radius 3 is 2.71 bits per heavy atom. The quantitative estimate of drug-likeness (QED) is 0.599. The number of halogens is 2. The zero-order valence-corrected chi connectivity index (χ0v) is 9.75. The van der Waals surface area contributed by atoms with Crippen LogP contribution in [-0.2, 0) is 9.53 Å². The van der Waals surface area contributed by atoms with Crippen molar-refractivity contribution >= 4 is 5.91 Å². The van der Waals surface area contributed by atoms with E-state index in [-0.39, 0.29) is 31.0 Å². The van der Waals surface area contributed by atoms with E-state index in [4.69, 9.17) is 5.11 Å². The summed E-state index contributed by atoms with van der Waals surface area (Å²) in [6.07, 6.45) is 0.361. The molecule has 0 aliphatic heterocycles. The first-order valence-electron chi connectivity index (χ1n) is 5.81. The van der Waals surface area contributed by atoms with E-state index >= 15 is 0 Å². The first kappa shape index (κ1) is 14.3. The Morgan fingerprint density at radius 2 is 2.18 bits per heavy atom. The van der Waals surface area contributed by atoms with Crippen LogP contribution in [0, 0.1) is 5.41 Å². The van der Waals surface area contributed by atoms with Crippen LogP contribution >= 0.6 is 0 Å². The molecule has 1 fully saturated rings. The number of aliphatic hydroxyl groups excluding tert-OH is 1. The van der Waals surface area contributed by atoms with Crippen molar-refractivity contribution in [2.24, 2.45) is 5.41 Å². The van der Waals surface area contributed by atoms with Crippen LogP contribution in [0.1, 0.15) is 25.7 Å². The van der Waals surface area contributed by atoms with Gasteiger partial charge in [-0.3, -0.25) is 4.79 Å². The van der Waals surface area contributed by atoms with E-state index in [9.17, 15) is 13.6 Å². The van der Waals surface area contributed by atoms with Crippen LogP contribution in [0.2, 0.25) is 0 Å². The van der Waals surface area contributed by atoms with Gasteiger partial charge < -0.3 is 15.2 Å². The number of hydrogen-bond acceptors (Lipinski definition) is 3. The Balaban J connectivity index is 2.02. The fourth-order valence-corrected chi connectivity index (χ4v) is 1.64. The molecule has 1 rings (SSSR count). The van der Waals surface area contributed by atoms with Crippen molar-refractivity contribution in [3.8, 4) is 0 Å². The lowest BCUT2D eigenvalue weighted by Gasteiger charge is -2.14. The van der Waals surface area contributed by atoms with Crippen LogP contribution in [0.4, 0.5) is 8.78 Å². The number of carbonyl (C=O) groups is 1. The molecule has 0 saturated heterocycles. The number of amides is 1. The van der Waals surface area contributed by atoms with Crippen molar-refractivity contribution in [1.82, 2.24) is 5.32 Å². The molecule has 0 unspecified atom stereocenters. The lowest BCUT2D eigenvalue weighted by Crippen LogP contribution is -2.31. The van der Waals surface area contributed by atoms with Crippen LogP contribution in [0.3, 0.4) is 0 Å². The predicted molar refractivity (Wildman–Crippen MR) is 57.8 cm³/mol. The number of ether oxygens (including phenoxy) is 1. The number of rotatable bonds is 9. The van der Waals surface area contributed by atoms with Gasteiger partial charge in [-0.2, -0.15) is 0 Å². The van der Waals surface area contributed by atoms with E-state index in [0.29, 0.717) is 13.0 Å². The lowest BCUT2D eigenvalue weighted by atomic mass is 10.0. The lowest BCUT2D eigenvalue weighted by molar-refractivity contribution is -0.122. The summed E-state index contributed by atoms with van der Waals surface area (Å²) in [4.78, 5) is 11.3. The molecule has 0 aromatic heterocycles. The molecule has 0 aromatic rings. The van der Waals surface area contributed by atoms with Gasteiger partial charge in [0, 0.05) is 19.6 Å². The van der Waals surface area contributed by atoms with Gasteiger partial charge in [0.2, 0.25) is 5.91 Å². The molecule has 4 nitrogen and oxygen atoms in total. The Bertz CT molecular complexity index is 245. The number of carbonyl (C=O) groups excluding carboxylic acids is 1. The van der Waals surface area contributed by atoms with Crippen molar-refractivity contribution in [2.75, 3.05) is 26.4 Å². The monoisotopic (exact) mass is 251 g/mol. The van der Waals surface area contributed by atoms with Crippen LogP contribution in [-0.4, -0.2) is 43.8 Å². The van der Waals surface area contributed by atoms with Crippen molar-refractivity contribution in [1.29, 1.82) is 0 Å². The summed E-state index contributed by atoms with van der Waals surface area (Å²) < 4.78 is 28.0. The molecule has 0 heterocycles. The predicted octanol–water partition coefficient (Wildman–Crippen LogP) is 0.937. The highest BCUT2D eigenvalue weighted by atomic mass is 19.3. The number of nitrogens with one attached hydrogen (secondary N) is 1. The zero-order valence-electron chi connectivity index (χ0n) is 9.75. The van der Waals surface area contributed by atoms with Crippen molar-refractivity contribution in [2.45, 2.75) is 32.1 Å². The van der Waals surface area contributed by atoms with Crippen molar-refractivity contribution in [3.63, 3.8) is 0 Å². The van der Waals surface area contributed by atoms with Gasteiger partial charge in [-0.15, -0.1) is 0 Å². The molecule has 17 heavy (non-hydrogen) atoms. The molecule has 6 heteroatoms. The number of aliphatic hydroxyl groups is 1. The summed E-state index contributed by atoms with van der Waals surface area (Å²) in [6, 6.07) is 0. The maximum Gasteiger partial charge on any atom is 0.261 e. The minimum absolute atomic E-state index is 0.0170. The van der Waals surface area contributed by atoms with Crippen LogP contribution in [0.5, 0.6) is 0 Å². The van der Waals surface area contributed by atoms with E-state index in [1.807, 2.05) is 0 Å². The highest BCUT2D eigenvalue weighted by molar-refractivity contribution is 5.76. The van der Waals surface area contributed by atoms with Gasteiger partial charge in [-0.05, 0) is 24.7 Å². The second-order valence-electron chi connectivity index (χ2n) is 4.47. The first-order valence-corrected chi connectivity index (χ1v) is 5.81. The van der Waals surface area contributed by atoms with Gasteiger partial charge in [-0.1, -0.05) is 0 Å². The van der Waals surface area contributed by atoms with Gasteiger partial charge in [0.15, 0.2) is 0 Å². The second kappa shape index (κ2) is 6.86. The first-order chi connectivity index (χ1) is 8.08. The molecule has 1 aliphatic rings. The van der Waals surface area contributed by atoms with E-state index in [0.717, 1.165) is 12.8 Å². The molecule has 100 valence electrons. The third-order valence-electron chi connectivity index (χ3n) is 2.98. The van der Waals surface area contributed by atoms with Crippen LogP contribution in [0.15, 0.2) is 0 Å². The van der Waals surface area contributed by atoms with Gasteiger partial charge >= 0.3 is 0 Å². The van der Waals surface area contributed by atoms with Gasteiger partial charge in [0.1, 0.15) is 6.61 Å². The molecule has 0 spiro atoms. The second-order valence-corrected chi connectivity index (χ2v) is 4.47. The smallest absolute Gasteiger partial charge is 0.261 e. The highest BCUT2D eigenvalue weighted by Crippen LogP contribution is 2.47. The SMILES string of the molecule is O=C(CCOCC(F)F)NCC1(CCO)CC1. The third kappa shape index (κ3) is 5.93. The number of alkyl halides is 2. The summed E-state index contributed by atoms with van der Waals surface area (Å²) >= 11 is 0. The molecule has 1 saturated carbocycles. The minimum Gasteiger partial charge on any atom is -0.396 e. The molecule has 2 N–H and O–H groups in total. The average Bonchev–Trinajstić information content (AvgIpc) is 3.03. The topological polar surface area (TPSA) is 58.6 Å². The van der Waals surface area contributed by atoms with E-state index < -0.39 is 13.0 Å². The molecule has 0 atom stereocenters. The summed E-state index contributed by atoms with van der Waals surface area (Å²) in [7, 11) is 0. The fourth-order valence-electron chi connectivity index (χ4n) is 1.64. The normalized spacial score (nSPS) is 17.2. The zero-order chi connectivity index (χ0) is 12.7. The largest absolute Gasteiger partial charge is 0.396 e. The molecular formula is C11H19F2NO3. The van der Waals surface area contributed by atoms with Crippen molar-refractivity contribution in [3.05, 3.63) is 0 Å². The third-order valence-corrected chi connectivity index (χ3v) is 2.98. The van der Waals surface area contributed by atoms with E-state index in [1.165, 1.54) is 0 Å². The summed E-state index contributed by atoms with van der Waals surface area (Å²) in [5, 5.41) is 11.6. The van der Waals surface area contributed by atoms with Gasteiger partial charge in [0.05, 0.1) is 6.61 Å². The van der Waals surface area contributed by atoms with E-state index in [2.05, 4.69) is 10.1 Å². The molecule has 0 aromatic carbocycles. The van der Waals surface area contributed by atoms with Crippen molar-refractivity contribution < 1.29 is 23.4 Å². The summed E-state index contributed by atoms with van der Waals surface area (Å²) in [5.74, 6) is -0.191. The van der Waals surface area contributed by atoms with Gasteiger partial charge in [-0.25, -0.2) is 8.78 Å². The molecule has 1 aliphatic carbocycles. The molecule has 1 amide bonds. The molecule has 0 radical (unpaired) electrons. The average molecular weight is 251 g/mol. The maximum atomic E-state index is 11.7. The summed E-state index contributed by atoms with van der Waals surface area (Å²) in [5.41, 5.74) is 0.0776. The highest BCUT2D eigenvalue weighted by Gasteiger charge is 2.41. The Kier molecular flexibility index (Phi) is 5.77. The molecule has 0 bridgehead atoms. The Hall–Kier alpha value is -0.750. The fraction of sp³-hybridized carbons (Fsp3) is 0.909. The summed E-state index contributed by atoms with van der Waals surface area (Å²) in [6.45, 7) is 0.0829. The van der Waals surface area contributed by atoms with Crippen LogP contribution < -0.4 is 5.32 Å². The maximum absolute atomic E-state index is 11.7.